The number of rotatable bonds is 9. The van der Waals surface area contributed by atoms with Crippen molar-refractivity contribution >= 4 is 11.8 Å². The third-order valence-electron chi connectivity index (χ3n) is 4.52. The van der Waals surface area contributed by atoms with E-state index in [2.05, 4.69) is 43.8 Å². The van der Waals surface area contributed by atoms with Crippen LogP contribution in [-0.2, 0) is 9.59 Å². The highest BCUT2D eigenvalue weighted by Gasteiger charge is 2.37. The topological polar surface area (TPSA) is 96.2 Å². The molecule has 0 atom stereocenters. The zero-order valence-corrected chi connectivity index (χ0v) is 15.8. The molecule has 0 bridgehead atoms. The molecule has 6 nitrogen and oxygen atoms in total. The van der Waals surface area contributed by atoms with Crippen LogP contribution in [0, 0.1) is 0 Å². The molecule has 0 aliphatic carbocycles. The summed E-state index contributed by atoms with van der Waals surface area (Å²) in [6.45, 7) is 8.77. The highest BCUT2D eigenvalue weighted by molar-refractivity contribution is 5.76. The van der Waals surface area contributed by atoms with Crippen LogP contribution in [0.25, 0.3) is 0 Å². The first-order valence-electron chi connectivity index (χ1n) is 9.22. The fourth-order valence-electron chi connectivity index (χ4n) is 3.90. The molecule has 1 fully saturated rings. The number of nitrogens with one attached hydrogen (secondary N) is 3. The lowest BCUT2D eigenvalue weighted by Gasteiger charge is -2.46. The summed E-state index contributed by atoms with van der Waals surface area (Å²) in [4.78, 5) is 23.1. The van der Waals surface area contributed by atoms with Crippen LogP contribution in [-0.4, -0.2) is 28.9 Å². The molecule has 1 heterocycles. The van der Waals surface area contributed by atoms with E-state index in [0.717, 1.165) is 44.9 Å². The van der Waals surface area contributed by atoms with Crippen molar-refractivity contribution in [2.45, 2.75) is 103 Å². The summed E-state index contributed by atoms with van der Waals surface area (Å²) in [5, 5.41) is 6.84. The van der Waals surface area contributed by atoms with Gasteiger partial charge in [-0.15, -0.1) is 0 Å². The number of piperidine rings is 1. The summed E-state index contributed by atoms with van der Waals surface area (Å²) >= 11 is 0. The van der Waals surface area contributed by atoms with Crippen molar-refractivity contribution in [3.8, 4) is 0 Å². The highest BCUT2D eigenvalue weighted by atomic mass is 16.2. The van der Waals surface area contributed by atoms with Gasteiger partial charge >= 0.3 is 0 Å². The largest absolute Gasteiger partial charge is 0.353 e. The Kier molecular flexibility index (Phi) is 8.16. The van der Waals surface area contributed by atoms with Gasteiger partial charge in [0.1, 0.15) is 0 Å². The first-order chi connectivity index (χ1) is 11.1. The van der Waals surface area contributed by atoms with Crippen molar-refractivity contribution in [3.05, 3.63) is 0 Å². The zero-order chi connectivity index (χ0) is 18.2. The fourth-order valence-corrected chi connectivity index (χ4v) is 3.90. The molecule has 0 unspecified atom stereocenters. The summed E-state index contributed by atoms with van der Waals surface area (Å²) < 4.78 is 0. The molecule has 0 aromatic rings. The normalized spacial score (nSPS) is 19.7. The van der Waals surface area contributed by atoms with Gasteiger partial charge in [-0.1, -0.05) is 19.3 Å². The third-order valence-corrected chi connectivity index (χ3v) is 4.52. The molecule has 0 spiro atoms. The minimum Gasteiger partial charge on any atom is -0.353 e. The lowest BCUT2D eigenvalue weighted by Crippen LogP contribution is -2.62. The molecule has 0 radical (unpaired) electrons. The monoisotopic (exact) mass is 340 g/mol. The number of hydrazine groups is 1. The molecule has 0 aromatic carbocycles. The Balaban J connectivity index is 2.15. The Hall–Kier alpha value is -1.14. The van der Waals surface area contributed by atoms with Crippen LogP contribution >= 0.6 is 0 Å². The summed E-state index contributed by atoms with van der Waals surface area (Å²) in [7, 11) is 0. The average molecular weight is 341 g/mol. The Morgan fingerprint density at radius 3 is 1.88 bits per heavy atom. The van der Waals surface area contributed by atoms with Gasteiger partial charge in [0, 0.05) is 30.0 Å². The van der Waals surface area contributed by atoms with E-state index in [1.54, 1.807) is 0 Å². The molecule has 1 saturated heterocycles. The maximum Gasteiger partial charge on any atom is 0.233 e. The number of nitrogens with two attached hydrogens (primary N) is 1. The Morgan fingerprint density at radius 1 is 0.917 bits per heavy atom. The summed E-state index contributed by atoms with van der Waals surface area (Å²) in [5.74, 6) is 5.08. The van der Waals surface area contributed by atoms with Crippen molar-refractivity contribution in [2.75, 3.05) is 0 Å². The van der Waals surface area contributed by atoms with Gasteiger partial charge in [0.05, 0.1) is 0 Å². The molecule has 5 N–H and O–H groups in total. The SMILES string of the molecule is CC1(C)CC(NC(=O)CCCCCCCC(=O)NN)CC(C)(C)N1. The Labute approximate surface area is 146 Å². The van der Waals surface area contributed by atoms with Crippen molar-refractivity contribution in [2.24, 2.45) is 5.84 Å². The molecule has 1 aliphatic heterocycles. The molecular weight excluding hydrogens is 304 g/mol. The Bertz CT molecular complexity index is 405. The van der Waals surface area contributed by atoms with Gasteiger partial charge in [-0.05, 0) is 53.4 Å². The van der Waals surface area contributed by atoms with Crippen LogP contribution in [0.5, 0.6) is 0 Å². The number of carbonyl (C=O) groups excluding carboxylic acids is 2. The van der Waals surface area contributed by atoms with Gasteiger partial charge in [-0.25, -0.2) is 5.84 Å². The first kappa shape index (κ1) is 20.9. The quantitative estimate of drug-likeness (QED) is 0.224. The van der Waals surface area contributed by atoms with Gasteiger partial charge in [0.15, 0.2) is 0 Å². The minimum absolute atomic E-state index is 0.0511. The lowest BCUT2D eigenvalue weighted by molar-refractivity contribution is -0.122. The van der Waals surface area contributed by atoms with E-state index in [4.69, 9.17) is 5.84 Å². The molecule has 2 amide bonds. The van der Waals surface area contributed by atoms with Crippen LogP contribution in [0.15, 0.2) is 0 Å². The van der Waals surface area contributed by atoms with E-state index in [1.807, 2.05) is 0 Å². The number of unbranched alkanes of at least 4 members (excludes halogenated alkanes) is 4. The van der Waals surface area contributed by atoms with Crippen LogP contribution in [0.3, 0.4) is 0 Å². The van der Waals surface area contributed by atoms with Gasteiger partial charge in [-0.3, -0.25) is 15.0 Å². The number of amides is 2. The van der Waals surface area contributed by atoms with E-state index in [-0.39, 0.29) is 28.9 Å². The summed E-state index contributed by atoms with van der Waals surface area (Å²) in [6.07, 6.45) is 7.86. The molecule has 140 valence electrons. The number of hydrogen-bond acceptors (Lipinski definition) is 4. The lowest BCUT2D eigenvalue weighted by atomic mass is 9.79. The van der Waals surface area contributed by atoms with Gasteiger partial charge in [0.2, 0.25) is 11.8 Å². The summed E-state index contributed by atoms with van der Waals surface area (Å²) in [6, 6.07) is 0.249. The number of hydrogen-bond donors (Lipinski definition) is 4. The van der Waals surface area contributed by atoms with Gasteiger partial charge in [-0.2, -0.15) is 0 Å². The van der Waals surface area contributed by atoms with E-state index in [0.29, 0.717) is 12.8 Å². The smallest absolute Gasteiger partial charge is 0.233 e. The van der Waals surface area contributed by atoms with Crippen molar-refractivity contribution in [1.29, 1.82) is 0 Å². The maximum absolute atomic E-state index is 12.2. The van der Waals surface area contributed by atoms with Crippen LogP contribution in [0.2, 0.25) is 0 Å². The molecule has 1 aliphatic rings. The minimum atomic E-state index is -0.109. The first-order valence-corrected chi connectivity index (χ1v) is 9.22. The fraction of sp³-hybridized carbons (Fsp3) is 0.889. The standard InChI is InChI=1S/C18H36N4O2/c1-17(2)12-14(13-18(3,4)22-17)20-15(23)10-8-6-5-7-9-11-16(24)21-19/h14,22H,5-13,19H2,1-4H3,(H,20,23)(H,21,24). The van der Waals surface area contributed by atoms with Crippen LogP contribution < -0.4 is 21.9 Å². The molecule has 24 heavy (non-hydrogen) atoms. The second-order valence-electron chi connectivity index (χ2n) is 8.40. The summed E-state index contributed by atoms with van der Waals surface area (Å²) in [5.41, 5.74) is 2.24. The van der Waals surface area contributed by atoms with Crippen molar-refractivity contribution < 1.29 is 9.59 Å². The second kappa shape index (κ2) is 9.37. The van der Waals surface area contributed by atoms with E-state index >= 15 is 0 Å². The molecule has 6 heteroatoms. The molecule has 1 rings (SSSR count). The highest BCUT2D eigenvalue weighted by Crippen LogP contribution is 2.28. The van der Waals surface area contributed by atoms with E-state index < -0.39 is 0 Å². The Morgan fingerprint density at radius 2 is 1.38 bits per heavy atom. The van der Waals surface area contributed by atoms with Crippen LogP contribution in [0.4, 0.5) is 0 Å². The van der Waals surface area contributed by atoms with Crippen molar-refractivity contribution in [1.82, 2.24) is 16.1 Å². The predicted octanol–water partition coefficient (Wildman–Crippen LogP) is 2.13. The average Bonchev–Trinajstić information content (AvgIpc) is 2.42. The maximum atomic E-state index is 12.2. The molecule has 0 saturated carbocycles. The van der Waals surface area contributed by atoms with E-state index in [9.17, 15) is 9.59 Å². The van der Waals surface area contributed by atoms with Crippen LogP contribution in [0.1, 0.15) is 85.5 Å². The van der Waals surface area contributed by atoms with E-state index in [1.165, 1.54) is 0 Å². The second-order valence-corrected chi connectivity index (χ2v) is 8.40. The third kappa shape index (κ3) is 8.64. The van der Waals surface area contributed by atoms with Gasteiger partial charge in [0.25, 0.3) is 0 Å². The zero-order valence-electron chi connectivity index (χ0n) is 15.8. The molecular formula is C18H36N4O2. The van der Waals surface area contributed by atoms with Gasteiger partial charge < -0.3 is 10.6 Å². The molecule has 0 aromatic heterocycles. The van der Waals surface area contributed by atoms with Crippen molar-refractivity contribution in [3.63, 3.8) is 0 Å². The predicted molar refractivity (Wildman–Crippen MR) is 97.1 cm³/mol. The number of carbonyl (C=O) groups is 2.